The molecule has 4 aliphatic rings. The van der Waals surface area contributed by atoms with Crippen LogP contribution >= 0.6 is 34.7 Å². The van der Waals surface area contributed by atoms with Crippen LogP contribution in [0, 0.1) is 36.5 Å². The van der Waals surface area contributed by atoms with Crippen molar-refractivity contribution < 1.29 is 27.5 Å². The molecule has 2 saturated carbocycles. The van der Waals surface area contributed by atoms with Gasteiger partial charge in [0.25, 0.3) is 0 Å². The second-order valence-electron chi connectivity index (χ2n) is 12.4. The van der Waals surface area contributed by atoms with Crippen molar-refractivity contribution in [3.63, 3.8) is 0 Å². The number of H-pyrrole nitrogens is 1. The predicted octanol–water partition coefficient (Wildman–Crippen LogP) is 7.67. The van der Waals surface area contributed by atoms with Crippen LogP contribution in [0.2, 0.25) is 5.02 Å². The van der Waals surface area contributed by atoms with Gasteiger partial charge in [-0.25, -0.2) is 0 Å². The highest BCUT2D eigenvalue weighted by Gasteiger charge is 2.70. The van der Waals surface area contributed by atoms with Gasteiger partial charge in [0.05, 0.1) is 28.1 Å². The Morgan fingerprint density at radius 1 is 0.978 bits per heavy atom. The lowest BCUT2D eigenvalue weighted by Crippen LogP contribution is -2.42. The third-order valence-corrected chi connectivity index (χ3v) is 12.9. The minimum Gasteiger partial charge on any atom is -0.489 e. The van der Waals surface area contributed by atoms with Crippen LogP contribution in [0.1, 0.15) is 39.5 Å². The summed E-state index contributed by atoms with van der Waals surface area (Å²) in [5.74, 6) is -2.47. The van der Waals surface area contributed by atoms with Gasteiger partial charge >= 0.3 is 11.0 Å². The van der Waals surface area contributed by atoms with E-state index >= 15 is 0 Å². The molecule has 12 heteroatoms. The third-order valence-electron chi connectivity index (χ3n) is 10.1. The number of carbonyl (C=O) groups excluding carboxylic acids is 2. The molecule has 8 rings (SSSR count). The number of nitrogens with one attached hydrogen (secondary N) is 1. The third kappa shape index (κ3) is 4.57. The van der Waals surface area contributed by atoms with Gasteiger partial charge in [0, 0.05) is 26.6 Å². The lowest BCUT2D eigenvalue weighted by molar-refractivity contribution is -0.137. The van der Waals surface area contributed by atoms with E-state index in [1.807, 2.05) is 43.3 Å². The number of aryl methyl sites for hydroxylation is 1. The highest BCUT2D eigenvalue weighted by molar-refractivity contribution is 8.00. The van der Waals surface area contributed by atoms with E-state index in [1.54, 1.807) is 6.07 Å². The smallest absolute Gasteiger partial charge is 0.416 e. The van der Waals surface area contributed by atoms with Crippen molar-refractivity contribution in [1.82, 2.24) is 4.98 Å². The van der Waals surface area contributed by atoms with E-state index in [2.05, 4.69) is 4.98 Å². The van der Waals surface area contributed by atoms with Gasteiger partial charge < -0.3 is 9.72 Å². The molecule has 0 spiro atoms. The van der Waals surface area contributed by atoms with Crippen LogP contribution in [0.25, 0.3) is 0 Å². The van der Waals surface area contributed by atoms with Crippen LogP contribution in [0.3, 0.4) is 0 Å². The molecule has 2 aliphatic carbocycles. The number of halogens is 4. The lowest BCUT2D eigenvalue weighted by atomic mass is 9.68. The molecule has 0 radical (unpaired) electrons. The number of alkyl halides is 3. The van der Waals surface area contributed by atoms with Gasteiger partial charge in [0.15, 0.2) is 0 Å². The van der Waals surface area contributed by atoms with E-state index in [0.29, 0.717) is 23.8 Å². The summed E-state index contributed by atoms with van der Waals surface area (Å²) >= 11 is 9.25. The van der Waals surface area contributed by atoms with Crippen molar-refractivity contribution in [1.29, 1.82) is 0 Å². The van der Waals surface area contributed by atoms with Crippen LogP contribution in [-0.4, -0.2) is 22.0 Å². The van der Waals surface area contributed by atoms with Gasteiger partial charge in [0.2, 0.25) is 11.8 Å². The minimum atomic E-state index is -4.61. The fraction of sp³-hybridized carbons (Fsp3) is 0.324. The molecule has 3 fully saturated rings. The van der Waals surface area contributed by atoms with E-state index in [1.165, 1.54) is 23.9 Å². The van der Waals surface area contributed by atoms with Crippen LogP contribution in [0.5, 0.6) is 5.75 Å². The van der Waals surface area contributed by atoms with Crippen LogP contribution < -0.4 is 14.5 Å². The largest absolute Gasteiger partial charge is 0.489 e. The molecule has 1 aromatic heterocycles. The zero-order valence-corrected chi connectivity index (χ0v) is 26.6. The fourth-order valence-electron chi connectivity index (χ4n) is 8.26. The van der Waals surface area contributed by atoms with E-state index in [-0.39, 0.29) is 39.5 Å². The number of aromatic amines is 1. The van der Waals surface area contributed by atoms with E-state index in [0.717, 1.165) is 55.0 Å². The molecule has 3 heterocycles. The number of amides is 2. The number of thioether (sulfide) groups is 1. The van der Waals surface area contributed by atoms with Crippen molar-refractivity contribution in [3.05, 3.63) is 109 Å². The van der Waals surface area contributed by atoms with Gasteiger partial charge in [0.1, 0.15) is 12.4 Å². The number of ether oxygens (including phenoxy) is 1. The molecule has 46 heavy (non-hydrogen) atoms. The number of imide groups is 1. The standard InChI is InChI=1S/C34H26ClF3N2O4S2/c1-15-5-2-3-6-16(15)14-44-23-10-9-18(35)12-20(23)24-25-21-13-22(28(25)45-30-29(24)46-33(43)39-30)27-26(21)31(41)40(32(27)42)19-8-4-7-17(11-19)34(36,37)38/h2-12,21-22,24-28H,13-14H2,1H3,(H,39,43)/t21-,22-,24?,25?,26?,27?,28?/m1/s1. The molecule has 236 valence electrons. The van der Waals surface area contributed by atoms with Crippen molar-refractivity contribution >= 4 is 52.2 Å². The molecule has 2 aliphatic heterocycles. The molecule has 6 nitrogen and oxygen atoms in total. The van der Waals surface area contributed by atoms with Crippen molar-refractivity contribution in [2.24, 2.45) is 29.6 Å². The molecule has 2 bridgehead atoms. The maximum Gasteiger partial charge on any atom is 0.416 e. The number of thiazole rings is 1. The summed E-state index contributed by atoms with van der Waals surface area (Å²) in [7, 11) is 0. The van der Waals surface area contributed by atoms with Crippen LogP contribution in [0.15, 0.2) is 76.6 Å². The predicted molar refractivity (Wildman–Crippen MR) is 169 cm³/mol. The summed E-state index contributed by atoms with van der Waals surface area (Å²) in [6, 6.07) is 17.8. The Labute approximate surface area is 274 Å². The van der Waals surface area contributed by atoms with Gasteiger partial charge in [-0.2, -0.15) is 13.2 Å². The first-order valence-electron chi connectivity index (χ1n) is 14.9. The average Bonchev–Trinajstić information content (AvgIpc) is 3.75. The molecular formula is C34H26ClF3N2O4S2. The number of hydrogen-bond acceptors (Lipinski definition) is 6. The molecule has 5 unspecified atom stereocenters. The molecule has 1 saturated heterocycles. The Hall–Kier alpha value is -3.54. The maximum absolute atomic E-state index is 14.0. The first kappa shape index (κ1) is 29.8. The molecule has 7 atom stereocenters. The minimum absolute atomic E-state index is 0.0593. The Bertz CT molecular complexity index is 1980. The summed E-state index contributed by atoms with van der Waals surface area (Å²) < 4.78 is 47.1. The Kier molecular flexibility index (Phi) is 6.97. The molecule has 3 aromatic carbocycles. The van der Waals surface area contributed by atoms with Gasteiger partial charge in [-0.3, -0.25) is 19.3 Å². The molecule has 4 aromatic rings. The van der Waals surface area contributed by atoms with Crippen molar-refractivity contribution in [2.75, 3.05) is 4.90 Å². The SMILES string of the molecule is Cc1ccccc1COc1ccc(Cl)cc1C1c2sc(=O)[nH]c2SC2C1[C@H]1C[C@@H]2C2C(=O)N(c3cccc(C(F)(F)F)c3)C(=O)C21. The highest BCUT2D eigenvalue weighted by Crippen LogP contribution is 2.69. The van der Waals surface area contributed by atoms with Crippen LogP contribution in [0.4, 0.5) is 18.9 Å². The van der Waals surface area contributed by atoms with Crippen molar-refractivity contribution in [2.45, 2.75) is 42.3 Å². The first-order chi connectivity index (χ1) is 22.0. The summed E-state index contributed by atoms with van der Waals surface area (Å²) in [5, 5.41) is 1.14. The summed E-state index contributed by atoms with van der Waals surface area (Å²) in [5.41, 5.74) is 1.95. The monoisotopic (exact) mass is 682 g/mol. The van der Waals surface area contributed by atoms with Gasteiger partial charge in [-0.1, -0.05) is 53.3 Å². The zero-order valence-electron chi connectivity index (χ0n) is 24.2. The average molecular weight is 683 g/mol. The Morgan fingerprint density at radius 2 is 1.74 bits per heavy atom. The molecular weight excluding hydrogens is 657 g/mol. The summed E-state index contributed by atoms with van der Waals surface area (Å²) in [4.78, 5) is 45.3. The normalized spacial score (nSPS) is 27.9. The summed E-state index contributed by atoms with van der Waals surface area (Å²) in [6.07, 6.45) is -3.97. The second kappa shape index (κ2) is 10.7. The first-order valence-corrected chi connectivity index (χ1v) is 17.0. The number of aromatic nitrogens is 1. The quantitative estimate of drug-likeness (QED) is 0.219. The van der Waals surface area contributed by atoms with Crippen LogP contribution in [-0.2, 0) is 22.4 Å². The van der Waals surface area contributed by atoms with E-state index < -0.39 is 35.4 Å². The molecule has 2 amide bonds. The Morgan fingerprint density at radius 3 is 2.50 bits per heavy atom. The highest BCUT2D eigenvalue weighted by atomic mass is 35.5. The zero-order chi connectivity index (χ0) is 32.1. The van der Waals surface area contributed by atoms with E-state index in [9.17, 15) is 27.6 Å². The number of fused-ring (bicyclic) bond motifs is 9. The summed E-state index contributed by atoms with van der Waals surface area (Å²) in [6.45, 7) is 2.34. The number of carbonyl (C=O) groups is 2. The number of anilines is 1. The maximum atomic E-state index is 14.0. The number of rotatable bonds is 5. The van der Waals surface area contributed by atoms with Gasteiger partial charge in [-0.05, 0) is 78.6 Å². The fourth-order valence-corrected chi connectivity index (χ4v) is 11.3. The topological polar surface area (TPSA) is 79.5 Å². The van der Waals surface area contributed by atoms with E-state index in [4.69, 9.17) is 16.3 Å². The van der Waals surface area contributed by atoms with Gasteiger partial charge in [-0.15, -0.1) is 11.8 Å². The lowest BCUT2D eigenvalue weighted by Gasteiger charge is -2.43. The second-order valence-corrected chi connectivity index (χ2v) is 15.1. The number of hydrogen-bond donors (Lipinski definition) is 1. The van der Waals surface area contributed by atoms with Crippen molar-refractivity contribution in [3.8, 4) is 5.75 Å². The molecule has 1 N–H and O–H groups in total. The number of benzene rings is 3. The Balaban J connectivity index is 1.19. The number of nitrogens with zero attached hydrogens (tertiary/aromatic N) is 1.